The van der Waals surface area contributed by atoms with Crippen molar-refractivity contribution in [2.45, 2.75) is 18.8 Å². The number of rotatable bonds is 7. The summed E-state index contributed by atoms with van der Waals surface area (Å²) in [5, 5.41) is 23.1. The zero-order valence-corrected chi connectivity index (χ0v) is 18.5. The summed E-state index contributed by atoms with van der Waals surface area (Å²) in [6, 6.07) is 28.4. The highest BCUT2D eigenvalue weighted by Crippen LogP contribution is 2.53. The zero-order chi connectivity index (χ0) is 23.5. The molecule has 0 fully saturated rings. The number of hydrogen-bond donors (Lipinski definition) is 1. The summed E-state index contributed by atoms with van der Waals surface area (Å²) in [5.74, 6) is -0.688. The molecule has 5 heteroatoms. The fraction of sp³-hybridized carbons (Fsp3) is 0.179. The molecule has 0 radical (unpaired) electrons. The Balaban J connectivity index is 2.14. The molecule has 33 heavy (non-hydrogen) atoms. The normalized spacial score (nSPS) is 14.6. The van der Waals surface area contributed by atoms with Gasteiger partial charge in [-0.25, -0.2) is 0 Å². The van der Waals surface area contributed by atoms with E-state index in [4.69, 9.17) is 4.74 Å². The van der Waals surface area contributed by atoms with Gasteiger partial charge in [0.2, 0.25) is 0 Å². The molecule has 5 nitrogen and oxygen atoms in total. The third-order valence-electron chi connectivity index (χ3n) is 6.56. The summed E-state index contributed by atoms with van der Waals surface area (Å²) in [7, 11) is 1.55. The first kappa shape index (κ1) is 22.0. The second-order valence-corrected chi connectivity index (χ2v) is 8.17. The van der Waals surface area contributed by atoms with Crippen LogP contribution in [0.2, 0.25) is 0 Å². The lowest BCUT2D eigenvalue weighted by Crippen LogP contribution is -2.51. The van der Waals surface area contributed by atoms with Crippen molar-refractivity contribution in [2.24, 2.45) is 5.41 Å². The molecule has 0 aliphatic heterocycles. The van der Waals surface area contributed by atoms with Gasteiger partial charge in [-0.15, -0.1) is 0 Å². The van der Waals surface area contributed by atoms with E-state index >= 15 is 0 Å². The number of benzene rings is 3. The van der Waals surface area contributed by atoms with Crippen molar-refractivity contribution in [1.82, 2.24) is 4.98 Å². The van der Waals surface area contributed by atoms with Crippen LogP contribution in [0.4, 0.5) is 0 Å². The predicted octanol–water partition coefficient (Wildman–Crippen LogP) is 5.39. The number of aliphatic carboxylic acids is 1. The van der Waals surface area contributed by atoms with Gasteiger partial charge in [-0.05, 0) is 41.5 Å². The Morgan fingerprint density at radius 2 is 1.64 bits per heavy atom. The van der Waals surface area contributed by atoms with E-state index in [1.165, 1.54) is 0 Å². The number of ether oxygens (including phenoxy) is 1. The maximum Gasteiger partial charge on any atom is 0.325 e. The highest BCUT2D eigenvalue weighted by Gasteiger charge is 2.58. The Labute approximate surface area is 192 Å². The summed E-state index contributed by atoms with van der Waals surface area (Å²) >= 11 is 0. The molecule has 4 rings (SSSR count). The van der Waals surface area contributed by atoms with Gasteiger partial charge in [-0.2, -0.15) is 5.26 Å². The third-order valence-corrected chi connectivity index (χ3v) is 6.56. The Kier molecular flexibility index (Phi) is 5.85. The van der Waals surface area contributed by atoms with Gasteiger partial charge in [0.15, 0.2) is 5.41 Å². The van der Waals surface area contributed by atoms with E-state index in [0.717, 1.165) is 16.3 Å². The van der Waals surface area contributed by atoms with Crippen LogP contribution >= 0.6 is 0 Å². The first-order valence-corrected chi connectivity index (χ1v) is 10.6. The van der Waals surface area contributed by atoms with Crippen LogP contribution in [0.5, 0.6) is 5.75 Å². The lowest BCUT2D eigenvalue weighted by molar-refractivity contribution is -0.148. The van der Waals surface area contributed by atoms with Gasteiger partial charge in [-0.1, -0.05) is 66.7 Å². The molecular formula is C28H24N2O3. The average Bonchev–Trinajstić information content (AvgIpc) is 2.86. The minimum absolute atomic E-state index is 0.0720. The number of carboxylic acid groups (broad SMARTS) is 1. The molecule has 0 spiro atoms. The average molecular weight is 437 g/mol. The summed E-state index contributed by atoms with van der Waals surface area (Å²) in [6.07, 6.45) is 1.54. The van der Waals surface area contributed by atoms with E-state index < -0.39 is 16.8 Å². The number of para-hydroxylation sites is 1. The molecule has 0 aliphatic carbocycles. The molecule has 4 aromatic rings. The van der Waals surface area contributed by atoms with Crippen molar-refractivity contribution in [2.75, 3.05) is 7.11 Å². The lowest BCUT2D eigenvalue weighted by atomic mass is 9.55. The summed E-state index contributed by atoms with van der Waals surface area (Å²) < 4.78 is 5.68. The Morgan fingerprint density at radius 1 is 0.970 bits per heavy atom. The number of methoxy groups -OCH3 is 1. The molecule has 0 saturated heterocycles. The second-order valence-electron chi connectivity index (χ2n) is 8.17. The van der Waals surface area contributed by atoms with Crippen LogP contribution in [0, 0.1) is 16.7 Å². The molecule has 0 unspecified atom stereocenters. The number of pyridine rings is 1. The van der Waals surface area contributed by atoms with Gasteiger partial charge in [0.25, 0.3) is 0 Å². The van der Waals surface area contributed by atoms with E-state index in [1.807, 2.05) is 67.6 Å². The molecular weight excluding hydrogens is 412 g/mol. The van der Waals surface area contributed by atoms with E-state index in [0.29, 0.717) is 17.0 Å². The molecule has 0 amide bonds. The maximum absolute atomic E-state index is 13.1. The maximum atomic E-state index is 13.1. The molecule has 164 valence electrons. The van der Waals surface area contributed by atoms with Crippen LogP contribution < -0.4 is 4.74 Å². The highest BCUT2D eigenvalue weighted by atomic mass is 16.5. The molecule has 1 N–H and O–H groups in total. The summed E-state index contributed by atoms with van der Waals surface area (Å²) in [5.41, 5.74) is -1.25. The van der Waals surface area contributed by atoms with Gasteiger partial charge in [0, 0.05) is 23.9 Å². The SMILES string of the molecule is COc1ccccc1[C@](C)(c1cccc2ccccc12)[C@](C#N)(Cc1ccccn1)C(=O)O. The van der Waals surface area contributed by atoms with Gasteiger partial charge >= 0.3 is 5.97 Å². The highest BCUT2D eigenvalue weighted by molar-refractivity contribution is 5.91. The van der Waals surface area contributed by atoms with Crippen LogP contribution in [0.3, 0.4) is 0 Å². The molecule has 0 aliphatic rings. The monoisotopic (exact) mass is 436 g/mol. The van der Waals surface area contributed by atoms with Crippen LogP contribution in [0.25, 0.3) is 10.8 Å². The van der Waals surface area contributed by atoms with Crippen LogP contribution in [0.1, 0.15) is 23.7 Å². The number of hydrogen-bond acceptors (Lipinski definition) is 4. The first-order chi connectivity index (χ1) is 16.0. The number of nitrogens with zero attached hydrogens (tertiary/aromatic N) is 2. The molecule has 3 aromatic carbocycles. The molecule has 1 aromatic heterocycles. The fourth-order valence-corrected chi connectivity index (χ4v) is 4.76. The number of aromatic nitrogens is 1. The van der Waals surface area contributed by atoms with Crippen molar-refractivity contribution in [3.63, 3.8) is 0 Å². The van der Waals surface area contributed by atoms with Crippen LogP contribution in [-0.2, 0) is 16.6 Å². The van der Waals surface area contributed by atoms with E-state index in [1.54, 1.807) is 37.6 Å². The minimum atomic E-state index is -1.87. The Morgan fingerprint density at radius 3 is 2.33 bits per heavy atom. The Bertz CT molecular complexity index is 1340. The van der Waals surface area contributed by atoms with Crippen LogP contribution in [-0.4, -0.2) is 23.2 Å². The van der Waals surface area contributed by atoms with Gasteiger partial charge in [-0.3, -0.25) is 9.78 Å². The molecule has 2 atom stereocenters. The van der Waals surface area contributed by atoms with Crippen molar-refractivity contribution in [3.8, 4) is 11.8 Å². The summed E-state index contributed by atoms with van der Waals surface area (Å²) in [6.45, 7) is 1.83. The van der Waals surface area contributed by atoms with Crippen molar-refractivity contribution in [1.29, 1.82) is 5.26 Å². The van der Waals surface area contributed by atoms with Crippen molar-refractivity contribution >= 4 is 16.7 Å². The zero-order valence-electron chi connectivity index (χ0n) is 18.5. The van der Waals surface area contributed by atoms with Crippen molar-refractivity contribution in [3.05, 3.63) is 108 Å². The molecule has 1 heterocycles. The van der Waals surface area contributed by atoms with Crippen LogP contribution in [0.15, 0.2) is 91.1 Å². The quantitative estimate of drug-likeness (QED) is 0.420. The van der Waals surface area contributed by atoms with E-state index in [-0.39, 0.29) is 6.42 Å². The number of fused-ring (bicyclic) bond motifs is 1. The van der Waals surface area contributed by atoms with E-state index in [9.17, 15) is 15.2 Å². The minimum Gasteiger partial charge on any atom is -0.496 e. The third kappa shape index (κ3) is 3.50. The molecule has 0 bridgehead atoms. The molecule has 0 saturated carbocycles. The smallest absolute Gasteiger partial charge is 0.325 e. The predicted molar refractivity (Wildman–Crippen MR) is 127 cm³/mol. The standard InChI is InChI=1S/C28H24N2O3/c1-27(24-14-5-6-16-25(24)33-2,23-15-9-11-20-10-3-4-13-22(20)23)28(19-29,26(31)32)18-21-12-7-8-17-30-21/h3-17H,18H2,1-2H3,(H,31,32)/t27-,28-/m0/s1. The van der Waals surface area contributed by atoms with Gasteiger partial charge in [0.1, 0.15) is 5.75 Å². The summed E-state index contributed by atoms with van der Waals surface area (Å²) in [4.78, 5) is 17.4. The number of carbonyl (C=O) groups is 1. The topological polar surface area (TPSA) is 83.2 Å². The lowest BCUT2D eigenvalue weighted by Gasteiger charge is -2.43. The van der Waals surface area contributed by atoms with Gasteiger partial charge in [0.05, 0.1) is 18.6 Å². The Hall–Kier alpha value is -4.17. The fourth-order valence-electron chi connectivity index (χ4n) is 4.76. The second kappa shape index (κ2) is 8.76. The number of nitriles is 1. The largest absolute Gasteiger partial charge is 0.496 e. The van der Waals surface area contributed by atoms with Crippen molar-refractivity contribution < 1.29 is 14.6 Å². The first-order valence-electron chi connectivity index (χ1n) is 10.6. The van der Waals surface area contributed by atoms with Gasteiger partial charge < -0.3 is 9.84 Å². The number of carboxylic acids is 1. The van der Waals surface area contributed by atoms with E-state index in [2.05, 4.69) is 11.1 Å².